The van der Waals surface area contributed by atoms with E-state index < -0.39 is 0 Å². The standard InChI is InChI=1S/C20H22N2O3/c1-14-10-16(8-9-19(14)15-6-4-3-5-7-15)20(24)22-12-17(21-25-2)11-18(22)13-23/h3-10,18,23H,11-13H2,1-2H3. The summed E-state index contributed by atoms with van der Waals surface area (Å²) in [6.45, 7) is 2.30. The molecule has 25 heavy (non-hydrogen) atoms. The van der Waals surface area contributed by atoms with E-state index in [-0.39, 0.29) is 18.6 Å². The fourth-order valence-corrected chi connectivity index (χ4v) is 3.27. The highest BCUT2D eigenvalue weighted by atomic mass is 16.6. The highest BCUT2D eigenvalue weighted by molar-refractivity contribution is 6.01. The van der Waals surface area contributed by atoms with Crippen LogP contribution in [0.3, 0.4) is 0 Å². The number of carbonyl (C=O) groups is 1. The maximum absolute atomic E-state index is 12.9. The Bertz CT molecular complexity index is 787. The van der Waals surface area contributed by atoms with E-state index in [1.165, 1.54) is 7.11 Å². The third-order valence-electron chi connectivity index (χ3n) is 4.52. The van der Waals surface area contributed by atoms with E-state index in [0.29, 0.717) is 18.5 Å². The van der Waals surface area contributed by atoms with Gasteiger partial charge in [0, 0.05) is 12.0 Å². The second-order valence-corrected chi connectivity index (χ2v) is 6.21. The predicted octanol–water partition coefficient (Wildman–Crippen LogP) is 2.87. The molecule has 0 radical (unpaired) electrons. The molecule has 0 aromatic heterocycles. The zero-order valence-electron chi connectivity index (χ0n) is 14.5. The van der Waals surface area contributed by atoms with Crippen molar-refractivity contribution in [1.82, 2.24) is 4.90 Å². The molecule has 3 rings (SSSR count). The predicted molar refractivity (Wildman–Crippen MR) is 97.6 cm³/mol. The molecule has 0 saturated carbocycles. The minimum Gasteiger partial charge on any atom is -0.399 e. The number of oxime groups is 1. The number of rotatable bonds is 4. The number of hydrogen-bond acceptors (Lipinski definition) is 4. The van der Waals surface area contributed by atoms with Gasteiger partial charge in [-0.15, -0.1) is 0 Å². The normalized spacial score (nSPS) is 18.6. The van der Waals surface area contributed by atoms with E-state index in [2.05, 4.69) is 17.3 Å². The lowest BCUT2D eigenvalue weighted by molar-refractivity contribution is 0.0680. The zero-order valence-corrected chi connectivity index (χ0v) is 14.5. The number of likely N-dealkylation sites (tertiary alicyclic amines) is 1. The number of aliphatic hydroxyl groups excluding tert-OH is 1. The number of carbonyl (C=O) groups excluding carboxylic acids is 1. The summed E-state index contributed by atoms with van der Waals surface area (Å²) in [5, 5.41) is 13.5. The maximum atomic E-state index is 12.9. The number of aliphatic hydroxyl groups is 1. The molecular formula is C20H22N2O3. The van der Waals surface area contributed by atoms with Crippen LogP contribution >= 0.6 is 0 Å². The van der Waals surface area contributed by atoms with Gasteiger partial charge in [0.25, 0.3) is 5.91 Å². The van der Waals surface area contributed by atoms with Crippen LogP contribution in [0.5, 0.6) is 0 Å². The van der Waals surface area contributed by atoms with Crippen molar-refractivity contribution in [2.75, 3.05) is 20.3 Å². The summed E-state index contributed by atoms with van der Waals surface area (Å²) >= 11 is 0. The van der Waals surface area contributed by atoms with Crippen LogP contribution in [0.15, 0.2) is 53.7 Å². The third-order valence-corrected chi connectivity index (χ3v) is 4.52. The molecule has 2 aromatic carbocycles. The average molecular weight is 338 g/mol. The first kappa shape index (κ1) is 17.2. The van der Waals surface area contributed by atoms with Gasteiger partial charge in [-0.2, -0.15) is 0 Å². The van der Waals surface area contributed by atoms with Crippen LogP contribution in [-0.2, 0) is 4.84 Å². The van der Waals surface area contributed by atoms with Crippen molar-refractivity contribution in [1.29, 1.82) is 0 Å². The molecule has 2 aromatic rings. The Morgan fingerprint density at radius 3 is 2.68 bits per heavy atom. The second-order valence-electron chi connectivity index (χ2n) is 6.21. The Labute approximate surface area is 147 Å². The van der Waals surface area contributed by atoms with Crippen molar-refractivity contribution in [2.45, 2.75) is 19.4 Å². The first-order valence-corrected chi connectivity index (χ1v) is 8.31. The monoisotopic (exact) mass is 338 g/mol. The Kier molecular flexibility index (Phi) is 5.14. The van der Waals surface area contributed by atoms with Gasteiger partial charge in [0.05, 0.1) is 24.9 Å². The van der Waals surface area contributed by atoms with E-state index in [0.717, 1.165) is 22.4 Å². The summed E-state index contributed by atoms with van der Waals surface area (Å²) in [7, 11) is 1.48. The molecule has 5 nitrogen and oxygen atoms in total. The van der Waals surface area contributed by atoms with Gasteiger partial charge in [0.15, 0.2) is 0 Å². The highest BCUT2D eigenvalue weighted by Gasteiger charge is 2.33. The minimum atomic E-state index is -0.254. The zero-order chi connectivity index (χ0) is 17.8. The summed E-state index contributed by atoms with van der Waals surface area (Å²) in [5.41, 5.74) is 4.67. The number of aryl methyl sites for hydroxylation is 1. The fraction of sp³-hybridized carbons (Fsp3) is 0.300. The molecule has 1 amide bonds. The molecule has 1 unspecified atom stereocenters. The lowest BCUT2D eigenvalue weighted by Crippen LogP contribution is -2.37. The lowest BCUT2D eigenvalue weighted by Gasteiger charge is -2.22. The van der Waals surface area contributed by atoms with Crippen molar-refractivity contribution in [3.63, 3.8) is 0 Å². The fourth-order valence-electron chi connectivity index (χ4n) is 3.27. The van der Waals surface area contributed by atoms with E-state index >= 15 is 0 Å². The summed E-state index contributed by atoms with van der Waals surface area (Å²) in [6, 6.07) is 15.6. The molecular weight excluding hydrogens is 316 g/mol. The molecule has 1 aliphatic rings. The second kappa shape index (κ2) is 7.49. The Balaban J connectivity index is 1.85. The van der Waals surface area contributed by atoms with Crippen molar-refractivity contribution in [3.8, 4) is 11.1 Å². The number of hydrogen-bond donors (Lipinski definition) is 1. The molecule has 0 aliphatic carbocycles. The number of amides is 1. The van der Waals surface area contributed by atoms with E-state index in [1.54, 1.807) is 4.90 Å². The lowest BCUT2D eigenvalue weighted by atomic mass is 9.98. The van der Waals surface area contributed by atoms with E-state index in [4.69, 9.17) is 4.84 Å². The van der Waals surface area contributed by atoms with Gasteiger partial charge in [-0.05, 0) is 35.7 Å². The number of nitrogens with zero attached hydrogens (tertiary/aromatic N) is 2. The third kappa shape index (κ3) is 3.56. The van der Waals surface area contributed by atoms with Gasteiger partial charge < -0.3 is 14.8 Å². The van der Waals surface area contributed by atoms with Crippen LogP contribution in [0.25, 0.3) is 11.1 Å². The van der Waals surface area contributed by atoms with Gasteiger partial charge in [0.2, 0.25) is 0 Å². The molecule has 1 saturated heterocycles. The molecule has 5 heteroatoms. The van der Waals surface area contributed by atoms with Crippen molar-refractivity contribution in [2.24, 2.45) is 5.16 Å². The molecule has 1 atom stereocenters. The molecule has 0 spiro atoms. The molecule has 1 fully saturated rings. The summed E-state index contributed by atoms with van der Waals surface area (Å²) in [6.07, 6.45) is 0.539. The SMILES string of the molecule is CON=C1CC(CO)N(C(=O)c2ccc(-c3ccccc3)c(C)c2)C1. The van der Waals surface area contributed by atoms with Crippen LogP contribution in [0.4, 0.5) is 0 Å². The molecule has 1 N–H and O–H groups in total. The molecule has 130 valence electrons. The molecule has 0 bridgehead atoms. The highest BCUT2D eigenvalue weighted by Crippen LogP contribution is 2.26. The Hall–Kier alpha value is -2.66. The van der Waals surface area contributed by atoms with Crippen LogP contribution < -0.4 is 0 Å². The van der Waals surface area contributed by atoms with E-state index in [1.807, 2.05) is 43.3 Å². The van der Waals surface area contributed by atoms with Crippen molar-refractivity contribution < 1.29 is 14.7 Å². The largest absolute Gasteiger partial charge is 0.399 e. The van der Waals surface area contributed by atoms with Gasteiger partial charge in [-0.1, -0.05) is 41.6 Å². The molecule has 1 heterocycles. The van der Waals surface area contributed by atoms with E-state index in [9.17, 15) is 9.90 Å². The van der Waals surface area contributed by atoms with Crippen molar-refractivity contribution >= 4 is 11.6 Å². The van der Waals surface area contributed by atoms with Crippen LogP contribution in [0.2, 0.25) is 0 Å². The van der Waals surface area contributed by atoms with Crippen LogP contribution in [0, 0.1) is 6.92 Å². The van der Waals surface area contributed by atoms with Gasteiger partial charge in [-0.3, -0.25) is 4.79 Å². The summed E-state index contributed by atoms with van der Waals surface area (Å²) < 4.78 is 0. The van der Waals surface area contributed by atoms with Gasteiger partial charge in [-0.25, -0.2) is 0 Å². The summed E-state index contributed by atoms with van der Waals surface area (Å²) in [5.74, 6) is -0.0944. The number of benzene rings is 2. The van der Waals surface area contributed by atoms with Gasteiger partial charge in [0.1, 0.15) is 7.11 Å². The smallest absolute Gasteiger partial charge is 0.254 e. The first-order chi connectivity index (χ1) is 12.1. The van der Waals surface area contributed by atoms with Crippen LogP contribution in [-0.4, -0.2) is 47.9 Å². The Morgan fingerprint density at radius 2 is 2.04 bits per heavy atom. The summed E-state index contributed by atoms with van der Waals surface area (Å²) in [4.78, 5) is 19.4. The molecule has 1 aliphatic heterocycles. The van der Waals surface area contributed by atoms with Crippen molar-refractivity contribution in [3.05, 3.63) is 59.7 Å². The average Bonchev–Trinajstić information content (AvgIpc) is 3.05. The topological polar surface area (TPSA) is 62.1 Å². The first-order valence-electron chi connectivity index (χ1n) is 8.31. The maximum Gasteiger partial charge on any atom is 0.254 e. The van der Waals surface area contributed by atoms with Gasteiger partial charge >= 0.3 is 0 Å². The minimum absolute atomic E-state index is 0.0877. The van der Waals surface area contributed by atoms with Crippen LogP contribution in [0.1, 0.15) is 22.3 Å². The quantitative estimate of drug-likeness (QED) is 0.872. The Morgan fingerprint density at radius 1 is 1.28 bits per heavy atom.